The third kappa shape index (κ3) is 8.13. The van der Waals surface area contributed by atoms with Crippen LogP contribution in [0, 0.1) is 6.92 Å². The Morgan fingerprint density at radius 2 is 2.04 bits per heavy atom. The van der Waals surface area contributed by atoms with Gasteiger partial charge in [0, 0.05) is 38.2 Å². The Morgan fingerprint density at radius 1 is 1.31 bits per heavy atom. The van der Waals surface area contributed by atoms with Crippen molar-refractivity contribution in [2.45, 2.75) is 52.8 Å². The van der Waals surface area contributed by atoms with E-state index in [1.165, 1.54) is 6.07 Å². The van der Waals surface area contributed by atoms with Gasteiger partial charge in [0.25, 0.3) is 0 Å². The van der Waals surface area contributed by atoms with Gasteiger partial charge >= 0.3 is 6.61 Å². The van der Waals surface area contributed by atoms with Crippen LogP contribution in [0.25, 0.3) is 0 Å². The summed E-state index contributed by atoms with van der Waals surface area (Å²) in [5.41, 5.74) is 1.54. The van der Waals surface area contributed by atoms with E-state index in [4.69, 9.17) is 0 Å². The van der Waals surface area contributed by atoms with E-state index in [-0.39, 0.29) is 24.2 Å². The molecule has 0 spiro atoms. The van der Waals surface area contributed by atoms with Crippen molar-refractivity contribution in [2.24, 2.45) is 4.99 Å². The molecule has 6 nitrogen and oxygen atoms in total. The van der Waals surface area contributed by atoms with Crippen LogP contribution in [0.4, 0.5) is 8.78 Å². The minimum Gasteiger partial charge on any atom is -0.434 e. The van der Waals surface area contributed by atoms with Crippen molar-refractivity contribution in [1.29, 1.82) is 0 Å². The average Bonchev–Trinajstić information content (AvgIpc) is 2.59. The monoisotopic (exact) mass is 370 g/mol. The van der Waals surface area contributed by atoms with Gasteiger partial charge in [-0.2, -0.15) is 8.78 Å². The van der Waals surface area contributed by atoms with E-state index in [9.17, 15) is 13.6 Å². The number of aryl methyl sites for hydroxylation is 1. The molecule has 146 valence electrons. The molecule has 1 amide bonds. The van der Waals surface area contributed by atoms with Gasteiger partial charge in [-0.15, -0.1) is 0 Å². The minimum atomic E-state index is -2.88. The molecule has 0 heterocycles. The molecule has 1 aromatic carbocycles. The van der Waals surface area contributed by atoms with Gasteiger partial charge in [0.05, 0.1) is 0 Å². The molecule has 0 aliphatic heterocycles. The number of carbonyl (C=O) groups excluding carboxylic acids is 1. The number of aliphatic imine (C=N–C) groups is 1. The highest BCUT2D eigenvalue weighted by Gasteiger charge is 2.11. The van der Waals surface area contributed by atoms with Crippen LogP contribution in [0.1, 0.15) is 37.8 Å². The molecule has 0 saturated carbocycles. The SMILES string of the molecule is CCC(C)NC(=O)CCNC(=NC)NCc1cc(C)ccc1OC(F)F. The standard InChI is InChI=1S/C18H28F2N4O2/c1-5-13(3)24-16(25)8-9-22-18(21-4)23-11-14-10-12(2)6-7-15(14)26-17(19)20/h6-7,10,13,17H,5,8-9,11H2,1-4H3,(H,24,25)(H2,21,22,23). The highest BCUT2D eigenvalue weighted by molar-refractivity contribution is 5.81. The van der Waals surface area contributed by atoms with Crippen LogP contribution in [-0.4, -0.2) is 38.1 Å². The van der Waals surface area contributed by atoms with Crippen LogP contribution in [0.2, 0.25) is 0 Å². The van der Waals surface area contributed by atoms with Gasteiger partial charge in [-0.3, -0.25) is 9.79 Å². The molecule has 3 N–H and O–H groups in total. The van der Waals surface area contributed by atoms with Crippen LogP contribution in [-0.2, 0) is 11.3 Å². The molecule has 0 fully saturated rings. The van der Waals surface area contributed by atoms with E-state index in [1.54, 1.807) is 19.2 Å². The van der Waals surface area contributed by atoms with E-state index in [2.05, 4.69) is 25.7 Å². The Balaban J connectivity index is 2.52. The van der Waals surface area contributed by atoms with Gasteiger partial charge in [-0.25, -0.2) is 0 Å². The first-order valence-electron chi connectivity index (χ1n) is 8.63. The lowest BCUT2D eigenvalue weighted by molar-refractivity contribution is -0.121. The minimum absolute atomic E-state index is 0.0337. The molecule has 0 radical (unpaired) electrons. The van der Waals surface area contributed by atoms with Crippen molar-refractivity contribution in [1.82, 2.24) is 16.0 Å². The molecule has 1 unspecified atom stereocenters. The molecule has 8 heteroatoms. The van der Waals surface area contributed by atoms with E-state index in [0.717, 1.165) is 12.0 Å². The van der Waals surface area contributed by atoms with E-state index < -0.39 is 6.61 Å². The Bertz CT molecular complexity index is 609. The average molecular weight is 370 g/mol. The van der Waals surface area contributed by atoms with Crippen LogP contribution in [0.3, 0.4) is 0 Å². The first kappa shape index (κ1) is 21.7. The maximum absolute atomic E-state index is 12.5. The predicted molar refractivity (Wildman–Crippen MR) is 98.5 cm³/mol. The van der Waals surface area contributed by atoms with Crippen molar-refractivity contribution in [3.8, 4) is 5.75 Å². The smallest absolute Gasteiger partial charge is 0.387 e. The molecule has 1 aromatic rings. The predicted octanol–water partition coefficient (Wildman–Crippen LogP) is 2.57. The zero-order chi connectivity index (χ0) is 19.5. The molecule has 0 bridgehead atoms. The summed E-state index contributed by atoms with van der Waals surface area (Å²) >= 11 is 0. The number of nitrogens with one attached hydrogen (secondary N) is 3. The molecule has 0 aliphatic carbocycles. The lowest BCUT2D eigenvalue weighted by Gasteiger charge is -2.15. The second-order valence-electron chi connectivity index (χ2n) is 5.97. The lowest BCUT2D eigenvalue weighted by Crippen LogP contribution is -2.40. The molecular formula is C18H28F2N4O2. The summed E-state index contributed by atoms with van der Waals surface area (Å²) in [6, 6.07) is 5.16. The topological polar surface area (TPSA) is 74.8 Å². The molecule has 1 rings (SSSR count). The molecule has 0 aliphatic rings. The zero-order valence-corrected chi connectivity index (χ0v) is 15.7. The van der Waals surface area contributed by atoms with Crippen molar-refractivity contribution in [3.63, 3.8) is 0 Å². The highest BCUT2D eigenvalue weighted by atomic mass is 19.3. The summed E-state index contributed by atoms with van der Waals surface area (Å²) in [6.07, 6.45) is 1.19. The number of rotatable bonds is 9. The maximum Gasteiger partial charge on any atom is 0.387 e. The third-order valence-electron chi connectivity index (χ3n) is 3.77. The Kier molecular flexibility index (Phi) is 9.40. The Morgan fingerprint density at radius 3 is 2.65 bits per heavy atom. The fourth-order valence-corrected chi connectivity index (χ4v) is 2.20. The van der Waals surface area contributed by atoms with Gasteiger partial charge < -0.3 is 20.7 Å². The first-order valence-corrected chi connectivity index (χ1v) is 8.63. The van der Waals surface area contributed by atoms with Gasteiger partial charge in [-0.05, 0) is 26.3 Å². The number of hydrogen-bond donors (Lipinski definition) is 3. The quantitative estimate of drug-likeness (QED) is 0.461. The van der Waals surface area contributed by atoms with Gasteiger partial charge in [0.15, 0.2) is 5.96 Å². The van der Waals surface area contributed by atoms with E-state index in [0.29, 0.717) is 24.5 Å². The number of ether oxygens (including phenoxy) is 1. The van der Waals surface area contributed by atoms with Crippen LogP contribution >= 0.6 is 0 Å². The first-order chi connectivity index (χ1) is 12.3. The zero-order valence-electron chi connectivity index (χ0n) is 15.7. The summed E-state index contributed by atoms with van der Waals surface area (Å²) in [7, 11) is 1.60. The van der Waals surface area contributed by atoms with Gasteiger partial charge in [0.1, 0.15) is 5.75 Å². The van der Waals surface area contributed by atoms with Crippen molar-refractivity contribution in [2.75, 3.05) is 13.6 Å². The summed E-state index contributed by atoms with van der Waals surface area (Å²) in [6.45, 7) is 3.63. The number of guanidine groups is 1. The number of alkyl halides is 2. The van der Waals surface area contributed by atoms with Crippen molar-refractivity contribution < 1.29 is 18.3 Å². The highest BCUT2D eigenvalue weighted by Crippen LogP contribution is 2.21. The number of halogens is 2. The molecular weight excluding hydrogens is 342 g/mol. The summed E-state index contributed by atoms with van der Waals surface area (Å²) in [5, 5.41) is 8.94. The fraction of sp³-hybridized carbons (Fsp3) is 0.556. The molecule has 0 aromatic heterocycles. The largest absolute Gasteiger partial charge is 0.434 e. The van der Waals surface area contributed by atoms with Gasteiger partial charge in [0.2, 0.25) is 5.91 Å². The van der Waals surface area contributed by atoms with Gasteiger partial charge in [-0.1, -0.05) is 24.6 Å². The molecule has 1 atom stereocenters. The normalized spacial score (nSPS) is 12.7. The summed E-state index contributed by atoms with van der Waals surface area (Å²) in [4.78, 5) is 15.8. The number of carbonyl (C=O) groups is 1. The van der Waals surface area contributed by atoms with Crippen LogP contribution < -0.4 is 20.7 Å². The maximum atomic E-state index is 12.5. The van der Waals surface area contributed by atoms with Crippen LogP contribution in [0.5, 0.6) is 5.75 Å². The molecule has 0 saturated heterocycles. The fourth-order valence-electron chi connectivity index (χ4n) is 2.20. The van der Waals surface area contributed by atoms with E-state index in [1.807, 2.05) is 20.8 Å². The number of hydrogen-bond acceptors (Lipinski definition) is 3. The van der Waals surface area contributed by atoms with Crippen LogP contribution in [0.15, 0.2) is 23.2 Å². The van der Waals surface area contributed by atoms with E-state index >= 15 is 0 Å². The summed E-state index contributed by atoms with van der Waals surface area (Å²) < 4.78 is 29.6. The molecule has 26 heavy (non-hydrogen) atoms. The summed E-state index contributed by atoms with van der Waals surface area (Å²) in [5.74, 6) is 0.570. The third-order valence-corrected chi connectivity index (χ3v) is 3.77. The second kappa shape index (κ2) is 11.3. The number of benzene rings is 1. The lowest BCUT2D eigenvalue weighted by atomic mass is 10.1. The Labute approximate surface area is 153 Å². The van der Waals surface area contributed by atoms with Crippen molar-refractivity contribution in [3.05, 3.63) is 29.3 Å². The second-order valence-corrected chi connectivity index (χ2v) is 5.97. The Hall–Kier alpha value is -2.38. The number of nitrogens with zero attached hydrogens (tertiary/aromatic N) is 1. The van der Waals surface area contributed by atoms with Crippen molar-refractivity contribution >= 4 is 11.9 Å². The number of amides is 1.